The third-order valence-corrected chi connectivity index (χ3v) is 1.91. The van der Waals surface area contributed by atoms with Gasteiger partial charge in [-0.05, 0) is 19.3 Å². The number of aliphatic hydroxyl groups excluding tert-OH is 1. The van der Waals surface area contributed by atoms with Gasteiger partial charge in [0, 0.05) is 13.1 Å². The van der Waals surface area contributed by atoms with Crippen LogP contribution in [0.5, 0.6) is 0 Å². The van der Waals surface area contributed by atoms with Gasteiger partial charge in [0.25, 0.3) is 0 Å². The van der Waals surface area contributed by atoms with Gasteiger partial charge >= 0.3 is 6.09 Å². The van der Waals surface area contributed by atoms with E-state index in [2.05, 4.69) is 0 Å². The zero-order valence-corrected chi connectivity index (χ0v) is 8.03. The summed E-state index contributed by atoms with van der Waals surface area (Å²) in [5.41, 5.74) is 0. The minimum absolute atomic E-state index is 0.000231. The van der Waals surface area contributed by atoms with Gasteiger partial charge < -0.3 is 14.7 Å². The first-order valence-electron chi connectivity index (χ1n) is 4.84. The van der Waals surface area contributed by atoms with Gasteiger partial charge in [-0.3, -0.25) is 0 Å². The molecule has 1 saturated carbocycles. The molecule has 4 heteroatoms. The summed E-state index contributed by atoms with van der Waals surface area (Å²) in [5, 5.41) is 8.71. The van der Waals surface area contributed by atoms with E-state index >= 15 is 0 Å². The average molecular weight is 187 g/mol. The monoisotopic (exact) mass is 187 g/mol. The van der Waals surface area contributed by atoms with E-state index in [1.165, 1.54) is 0 Å². The fourth-order valence-corrected chi connectivity index (χ4v) is 1.09. The van der Waals surface area contributed by atoms with Crippen LogP contribution in [0.3, 0.4) is 0 Å². The highest BCUT2D eigenvalue weighted by Gasteiger charge is 2.27. The third kappa shape index (κ3) is 3.63. The van der Waals surface area contributed by atoms with Crippen molar-refractivity contribution in [2.75, 3.05) is 19.7 Å². The van der Waals surface area contributed by atoms with Crippen LogP contribution in [0.2, 0.25) is 0 Å². The van der Waals surface area contributed by atoms with E-state index in [1.807, 2.05) is 6.92 Å². The summed E-state index contributed by atoms with van der Waals surface area (Å²) in [6.07, 6.45) is 2.74. The summed E-state index contributed by atoms with van der Waals surface area (Å²) in [4.78, 5) is 12.9. The molecule has 0 saturated heterocycles. The minimum atomic E-state index is -0.279. The molecule has 0 spiro atoms. The van der Waals surface area contributed by atoms with E-state index < -0.39 is 0 Å². The molecule has 0 aromatic rings. The van der Waals surface area contributed by atoms with Crippen molar-refractivity contribution in [2.24, 2.45) is 0 Å². The van der Waals surface area contributed by atoms with E-state index in [-0.39, 0.29) is 18.8 Å². The second kappa shape index (κ2) is 5.07. The lowest BCUT2D eigenvalue weighted by atomic mass is 10.4. The van der Waals surface area contributed by atoms with Crippen LogP contribution in [0.4, 0.5) is 4.79 Å². The van der Waals surface area contributed by atoms with Crippen molar-refractivity contribution in [2.45, 2.75) is 32.3 Å². The molecule has 0 heterocycles. The minimum Gasteiger partial charge on any atom is -0.446 e. The quantitative estimate of drug-likeness (QED) is 0.698. The summed E-state index contributed by atoms with van der Waals surface area (Å²) >= 11 is 0. The molecule has 13 heavy (non-hydrogen) atoms. The molecule has 1 amide bonds. The Hall–Kier alpha value is -0.770. The van der Waals surface area contributed by atoms with Gasteiger partial charge in [0.1, 0.15) is 6.10 Å². The molecule has 0 aromatic heterocycles. The summed E-state index contributed by atoms with van der Waals surface area (Å²) in [5.74, 6) is 0. The van der Waals surface area contributed by atoms with Gasteiger partial charge in [-0.2, -0.15) is 0 Å². The van der Waals surface area contributed by atoms with Crippen molar-refractivity contribution < 1.29 is 14.6 Å². The Bertz CT molecular complexity index is 162. The van der Waals surface area contributed by atoms with Crippen LogP contribution in [0.1, 0.15) is 26.2 Å². The lowest BCUT2D eigenvalue weighted by molar-refractivity contribution is 0.0883. The molecule has 1 aliphatic rings. The Balaban J connectivity index is 2.27. The Morgan fingerprint density at radius 1 is 1.54 bits per heavy atom. The van der Waals surface area contributed by atoms with Crippen LogP contribution in [0.25, 0.3) is 0 Å². The van der Waals surface area contributed by atoms with Gasteiger partial charge in [-0.25, -0.2) is 4.79 Å². The zero-order valence-electron chi connectivity index (χ0n) is 8.03. The van der Waals surface area contributed by atoms with Crippen molar-refractivity contribution in [1.82, 2.24) is 4.90 Å². The Labute approximate surface area is 78.5 Å². The molecule has 0 radical (unpaired) electrons. The van der Waals surface area contributed by atoms with Crippen molar-refractivity contribution in [3.8, 4) is 0 Å². The highest BCUT2D eigenvalue weighted by Crippen LogP contribution is 2.24. The number of carbonyl (C=O) groups is 1. The van der Waals surface area contributed by atoms with Crippen molar-refractivity contribution in [3.63, 3.8) is 0 Å². The zero-order chi connectivity index (χ0) is 9.68. The summed E-state index contributed by atoms with van der Waals surface area (Å²) in [6.45, 7) is 3.03. The number of rotatable bonds is 5. The number of hydrogen-bond donors (Lipinski definition) is 1. The second-order valence-corrected chi connectivity index (χ2v) is 3.29. The van der Waals surface area contributed by atoms with Crippen LogP contribution >= 0.6 is 0 Å². The highest BCUT2D eigenvalue weighted by molar-refractivity contribution is 5.68. The first-order chi connectivity index (χ1) is 6.27. The predicted octanol–water partition coefficient (Wildman–Crippen LogP) is 0.990. The molecule has 1 N–H and O–H groups in total. The third-order valence-electron chi connectivity index (χ3n) is 1.91. The van der Waals surface area contributed by atoms with E-state index in [9.17, 15) is 4.79 Å². The summed E-state index contributed by atoms with van der Waals surface area (Å²) < 4.78 is 5.10. The molecule has 4 nitrogen and oxygen atoms in total. The topological polar surface area (TPSA) is 49.8 Å². The lowest BCUT2D eigenvalue weighted by Crippen LogP contribution is -2.35. The van der Waals surface area contributed by atoms with Crippen LogP contribution in [-0.2, 0) is 4.74 Å². The fourth-order valence-electron chi connectivity index (χ4n) is 1.09. The molecule has 1 aliphatic carbocycles. The molecule has 1 fully saturated rings. The van der Waals surface area contributed by atoms with Crippen LogP contribution in [0.15, 0.2) is 0 Å². The van der Waals surface area contributed by atoms with E-state index in [1.54, 1.807) is 4.90 Å². The second-order valence-electron chi connectivity index (χ2n) is 3.29. The largest absolute Gasteiger partial charge is 0.446 e. The molecule has 1 rings (SSSR count). The predicted molar refractivity (Wildman–Crippen MR) is 48.5 cm³/mol. The first kappa shape index (κ1) is 10.3. The smallest absolute Gasteiger partial charge is 0.410 e. The normalized spacial score (nSPS) is 15.5. The molecule has 0 aliphatic heterocycles. The van der Waals surface area contributed by atoms with E-state index in [4.69, 9.17) is 9.84 Å². The molecule has 0 aromatic carbocycles. The Morgan fingerprint density at radius 2 is 2.23 bits per heavy atom. The van der Waals surface area contributed by atoms with Gasteiger partial charge in [0.2, 0.25) is 0 Å². The molecule has 0 unspecified atom stereocenters. The SMILES string of the molecule is CCCN(CCO)C(=O)OC1CC1. The number of hydrogen-bond acceptors (Lipinski definition) is 3. The maximum Gasteiger partial charge on any atom is 0.410 e. The van der Waals surface area contributed by atoms with Crippen molar-refractivity contribution in [3.05, 3.63) is 0 Å². The summed E-state index contributed by atoms with van der Waals surface area (Å²) in [7, 11) is 0. The fraction of sp³-hybridized carbons (Fsp3) is 0.889. The van der Waals surface area contributed by atoms with Gasteiger partial charge in [0.05, 0.1) is 6.61 Å². The maximum absolute atomic E-state index is 11.4. The Kier molecular flexibility index (Phi) is 4.02. The standard InChI is InChI=1S/C9H17NO3/c1-2-5-10(6-7-11)9(12)13-8-3-4-8/h8,11H,2-7H2,1H3. The van der Waals surface area contributed by atoms with Crippen LogP contribution in [0, 0.1) is 0 Å². The Morgan fingerprint density at radius 3 is 2.69 bits per heavy atom. The summed E-state index contributed by atoms with van der Waals surface area (Å²) in [6, 6.07) is 0. The number of amides is 1. The number of nitrogens with zero attached hydrogens (tertiary/aromatic N) is 1. The first-order valence-corrected chi connectivity index (χ1v) is 4.84. The van der Waals surface area contributed by atoms with Gasteiger partial charge in [0.15, 0.2) is 0 Å². The van der Waals surface area contributed by atoms with Crippen LogP contribution in [-0.4, -0.2) is 41.9 Å². The number of carbonyl (C=O) groups excluding carboxylic acids is 1. The average Bonchev–Trinajstić information content (AvgIpc) is 2.88. The molecule has 76 valence electrons. The van der Waals surface area contributed by atoms with Crippen LogP contribution < -0.4 is 0 Å². The molecular formula is C9H17NO3. The van der Waals surface area contributed by atoms with Gasteiger partial charge in [-0.1, -0.05) is 6.92 Å². The number of aliphatic hydroxyl groups is 1. The molecule has 0 atom stereocenters. The van der Waals surface area contributed by atoms with Crippen molar-refractivity contribution >= 4 is 6.09 Å². The maximum atomic E-state index is 11.4. The van der Waals surface area contributed by atoms with Gasteiger partial charge in [-0.15, -0.1) is 0 Å². The molecule has 0 bridgehead atoms. The van der Waals surface area contributed by atoms with Crippen molar-refractivity contribution in [1.29, 1.82) is 0 Å². The lowest BCUT2D eigenvalue weighted by Gasteiger charge is -2.20. The van der Waals surface area contributed by atoms with E-state index in [0.29, 0.717) is 13.1 Å². The number of ether oxygens (including phenoxy) is 1. The highest BCUT2D eigenvalue weighted by atomic mass is 16.6. The van der Waals surface area contributed by atoms with E-state index in [0.717, 1.165) is 19.3 Å². The molecular weight excluding hydrogens is 170 g/mol.